The molecule has 0 aliphatic heterocycles. The van der Waals surface area contributed by atoms with Crippen LogP contribution in [0.1, 0.15) is 11.1 Å². The van der Waals surface area contributed by atoms with Crippen molar-refractivity contribution in [1.82, 2.24) is 10.6 Å². The largest absolute Gasteiger partial charge is 0.445 e. The van der Waals surface area contributed by atoms with Gasteiger partial charge in [-0.1, -0.05) is 59.6 Å². The molecule has 30 heavy (non-hydrogen) atoms. The lowest BCUT2D eigenvalue weighted by molar-refractivity contribution is -0.129. The third-order valence-electron chi connectivity index (χ3n) is 4.13. The maximum atomic E-state index is 12.4. The molecule has 2 aromatic rings. The first-order valence-electron chi connectivity index (χ1n) is 8.92. The van der Waals surface area contributed by atoms with Gasteiger partial charge in [-0.15, -0.1) is 0 Å². The number of nitrogens with two attached hydrogens (primary N) is 1. The van der Waals surface area contributed by atoms with Crippen molar-refractivity contribution in [3.8, 4) is 0 Å². The summed E-state index contributed by atoms with van der Waals surface area (Å²) in [5, 5.41) is 14.7. The second-order valence-electron chi connectivity index (χ2n) is 6.31. The summed E-state index contributed by atoms with van der Waals surface area (Å²) in [6.45, 7) is -0.730. The van der Waals surface area contributed by atoms with Gasteiger partial charge in [0.2, 0.25) is 11.8 Å². The molecule has 0 aliphatic carbocycles. The smallest absolute Gasteiger partial charge is 0.408 e. The lowest BCUT2D eigenvalue weighted by Gasteiger charge is -2.21. The summed E-state index contributed by atoms with van der Waals surface area (Å²) in [4.78, 5) is 36.2. The van der Waals surface area contributed by atoms with Crippen molar-refractivity contribution in [3.63, 3.8) is 0 Å². The van der Waals surface area contributed by atoms with Gasteiger partial charge in [-0.2, -0.15) is 0 Å². The van der Waals surface area contributed by atoms with Gasteiger partial charge in [0.25, 0.3) is 0 Å². The topological polar surface area (TPSA) is 131 Å². The molecule has 3 amide bonds. The van der Waals surface area contributed by atoms with E-state index in [4.69, 9.17) is 33.7 Å². The van der Waals surface area contributed by atoms with Crippen molar-refractivity contribution in [3.05, 3.63) is 69.7 Å². The molecular weight excluding hydrogens is 433 g/mol. The first kappa shape index (κ1) is 23.5. The molecule has 2 rings (SSSR count). The molecule has 0 aromatic heterocycles. The molecule has 2 aromatic carbocycles. The average molecular weight is 454 g/mol. The molecule has 0 bridgehead atoms. The van der Waals surface area contributed by atoms with Gasteiger partial charge >= 0.3 is 6.09 Å². The highest BCUT2D eigenvalue weighted by Crippen LogP contribution is 2.25. The third kappa shape index (κ3) is 6.91. The molecule has 10 heteroatoms. The van der Waals surface area contributed by atoms with Gasteiger partial charge in [0, 0.05) is 16.5 Å². The highest BCUT2D eigenvalue weighted by molar-refractivity contribution is 6.36. The van der Waals surface area contributed by atoms with Crippen LogP contribution in [0, 0.1) is 0 Å². The summed E-state index contributed by atoms with van der Waals surface area (Å²) in [5.41, 5.74) is 6.56. The van der Waals surface area contributed by atoms with E-state index < -0.39 is 36.6 Å². The monoisotopic (exact) mass is 453 g/mol. The van der Waals surface area contributed by atoms with Gasteiger partial charge < -0.3 is 26.2 Å². The Hall–Kier alpha value is -2.81. The van der Waals surface area contributed by atoms with Crippen molar-refractivity contribution in [2.45, 2.75) is 25.1 Å². The van der Waals surface area contributed by atoms with Gasteiger partial charge in [0.1, 0.15) is 18.7 Å². The Morgan fingerprint density at radius 3 is 2.17 bits per heavy atom. The molecule has 0 saturated heterocycles. The number of nitrogens with one attached hydrogen (secondary N) is 2. The zero-order chi connectivity index (χ0) is 22.1. The van der Waals surface area contributed by atoms with Crippen LogP contribution in [0.3, 0.4) is 0 Å². The number of amides is 3. The van der Waals surface area contributed by atoms with Gasteiger partial charge in [0.05, 0.1) is 6.61 Å². The Labute approximate surface area is 183 Å². The van der Waals surface area contributed by atoms with Crippen LogP contribution in [-0.2, 0) is 27.4 Å². The molecule has 0 saturated carbocycles. The Bertz CT molecular complexity index is 875. The van der Waals surface area contributed by atoms with Crippen molar-refractivity contribution < 1.29 is 24.2 Å². The van der Waals surface area contributed by atoms with Crippen LogP contribution in [0.2, 0.25) is 10.0 Å². The number of hydrogen-bond acceptors (Lipinski definition) is 5. The summed E-state index contributed by atoms with van der Waals surface area (Å²) in [7, 11) is 0. The molecule has 5 N–H and O–H groups in total. The molecule has 0 heterocycles. The molecule has 160 valence electrons. The summed E-state index contributed by atoms with van der Waals surface area (Å²) >= 11 is 12.2. The second kappa shape index (κ2) is 11.4. The number of carbonyl (C=O) groups is 3. The molecule has 0 radical (unpaired) electrons. The van der Waals surface area contributed by atoms with Crippen LogP contribution in [0.5, 0.6) is 0 Å². The highest BCUT2D eigenvalue weighted by Gasteiger charge is 2.27. The van der Waals surface area contributed by atoms with E-state index in [1.165, 1.54) is 0 Å². The van der Waals surface area contributed by atoms with E-state index in [-0.39, 0.29) is 13.0 Å². The minimum atomic E-state index is -1.35. The van der Waals surface area contributed by atoms with Gasteiger partial charge in [-0.05, 0) is 23.3 Å². The maximum absolute atomic E-state index is 12.4. The minimum Gasteiger partial charge on any atom is -0.445 e. The zero-order valence-corrected chi connectivity index (χ0v) is 17.3. The Morgan fingerprint density at radius 2 is 1.60 bits per heavy atom. The summed E-state index contributed by atoms with van der Waals surface area (Å²) < 4.78 is 5.02. The van der Waals surface area contributed by atoms with Crippen molar-refractivity contribution in [2.75, 3.05) is 6.61 Å². The lowest BCUT2D eigenvalue weighted by Crippen LogP contribution is -2.55. The van der Waals surface area contributed by atoms with Crippen LogP contribution in [-0.4, -0.2) is 41.7 Å². The van der Waals surface area contributed by atoms with Gasteiger partial charge in [0.15, 0.2) is 0 Å². The Kier molecular flexibility index (Phi) is 8.91. The fourth-order valence-corrected chi connectivity index (χ4v) is 3.08. The average Bonchev–Trinajstić information content (AvgIpc) is 2.72. The summed E-state index contributed by atoms with van der Waals surface area (Å²) in [6, 6.07) is 11.2. The molecule has 0 unspecified atom stereocenters. The van der Waals surface area contributed by atoms with Crippen molar-refractivity contribution >= 4 is 41.1 Å². The number of halogens is 2. The number of primary amides is 1. The molecule has 0 spiro atoms. The number of ether oxygens (including phenoxy) is 1. The standard InChI is InChI=1S/C20H21Cl2N3O5/c21-14-7-4-8-15(22)13(14)9-16(18(23)27)24-19(28)17(10-26)25-20(29)30-11-12-5-2-1-3-6-12/h1-8,16-17,26H,9-11H2,(H2,23,27)(H,24,28)(H,25,29)/t16-,17-/m0/s1. The third-order valence-corrected chi connectivity index (χ3v) is 4.84. The van der Waals surface area contributed by atoms with E-state index in [1.807, 2.05) is 6.07 Å². The number of alkyl carbamates (subject to hydrolysis) is 1. The van der Waals surface area contributed by atoms with Gasteiger partial charge in [-0.3, -0.25) is 9.59 Å². The van der Waals surface area contributed by atoms with Gasteiger partial charge in [-0.25, -0.2) is 4.79 Å². The second-order valence-corrected chi connectivity index (χ2v) is 7.12. The molecule has 2 atom stereocenters. The predicted molar refractivity (Wildman–Crippen MR) is 112 cm³/mol. The number of aliphatic hydroxyl groups is 1. The van der Waals surface area contributed by atoms with Crippen molar-refractivity contribution in [2.24, 2.45) is 5.73 Å². The lowest BCUT2D eigenvalue weighted by atomic mass is 10.0. The van der Waals surface area contributed by atoms with E-state index in [2.05, 4.69) is 10.6 Å². The maximum Gasteiger partial charge on any atom is 0.408 e. The van der Waals surface area contributed by atoms with E-state index in [0.717, 1.165) is 5.56 Å². The van der Waals surface area contributed by atoms with Crippen LogP contribution in [0.25, 0.3) is 0 Å². The van der Waals surface area contributed by atoms with Crippen LogP contribution >= 0.6 is 23.2 Å². The fourth-order valence-electron chi connectivity index (χ4n) is 2.53. The predicted octanol–water partition coefficient (Wildman–Crippen LogP) is 1.79. The number of aliphatic hydroxyl groups excluding tert-OH is 1. The first-order chi connectivity index (χ1) is 14.3. The molecule has 0 aliphatic rings. The molecule has 8 nitrogen and oxygen atoms in total. The highest BCUT2D eigenvalue weighted by atomic mass is 35.5. The Balaban J connectivity index is 1.97. The zero-order valence-electron chi connectivity index (χ0n) is 15.8. The number of benzene rings is 2. The first-order valence-corrected chi connectivity index (χ1v) is 9.68. The van der Waals surface area contributed by atoms with E-state index in [1.54, 1.807) is 42.5 Å². The van der Waals surface area contributed by atoms with Crippen LogP contribution in [0.4, 0.5) is 4.79 Å². The van der Waals surface area contributed by atoms with Crippen molar-refractivity contribution in [1.29, 1.82) is 0 Å². The normalized spacial score (nSPS) is 12.5. The van der Waals surface area contributed by atoms with E-state index in [9.17, 15) is 19.5 Å². The van der Waals surface area contributed by atoms with E-state index >= 15 is 0 Å². The summed E-state index contributed by atoms with van der Waals surface area (Å²) in [6.07, 6.45) is -0.964. The Morgan fingerprint density at radius 1 is 0.967 bits per heavy atom. The van der Waals surface area contributed by atoms with Crippen LogP contribution in [0.15, 0.2) is 48.5 Å². The molecule has 0 fully saturated rings. The summed E-state index contributed by atoms with van der Waals surface area (Å²) in [5.74, 6) is -1.65. The quantitative estimate of drug-likeness (QED) is 0.459. The molecular formula is C20H21Cl2N3O5. The number of rotatable bonds is 9. The number of hydrogen-bond donors (Lipinski definition) is 4. The fraction of sp³-hybridized carbons (Fsp3) is 0.250. The van der Waals surface area contributed by atoms with E-state index in [0.29, 0.717) is 15.6 Å². The van der Waals surface area contributed by atoms with Crippen LogP contribution < -0.4 is 16.4 Å². The number of carbonyl (C=O) groups excluding carboxylic acids is 3. The minimum absolute atomic E-state index is 0.0125. The SMILES string of the molecule is NC(=O)[C@H](Cc1c(Cl)cccc1Cl)NC(=O)[C@H](CO)NC(=O)OCc1ccccc1.